The quantitative estimate of drug-likeness (QED) is 0.581. The van der Waals surface area contributed by atoms with E-state index in [-0.39, 0.29) is 19.5 Å². The molecule has 9 heavy (non-hydrogen) atoms. The Morgan fingerprint density at radius 1 is 0.778 bits per heavy atom. The van der Waals surface area contributed by atoms with Crippen molar-refractivity contribution in [1.82, 2.24) is 10.6 Å². The van der Waals surface area contributed by atoms with E-state index in [1.807, 2.05) is 28.2 Å². The number of hydrogen-bond acceptors (Lipinski definition) is 2. The van der Waals surface area contributed by atoms with Crippen LogP contribution in [0.3, 0.4) is 0 Å². The number of rotatable bonds is 0. The Labute approximate surface area is 71.5 Å². The van der Waals surface area contributed by atoms with Crippen LogP contribution in [-0.2, 0) is 19.5 Å². The average molecular weight is 223 g/mol. The average Bonchev–Trinajstić information content (AvgIpc) is 1.75. The van der Waals surface area contributed by atoms with Crippen LogP contribution in [0, 0.1) is 0 Å². The smallest absolute Gasteiger partial charge is 0 e. The van der Waals surface area contributed by atoms with Gasteiger partial charge < -0.3 is 16.4 Å². The van der Waals surface area contributed by atoms with Crippen molar-refractivity contribution in [3.63, 3.8) is 0 Å². The Balaban J connectivity index is -0.0000000202. The first-order valence-electron chi connectivity index (χ1n) is 2.50. The van der Waals surface area contributed by atoms with Crippen LogP contribution in [0.25, 0.3) is 5.73 Å². The van der Waals surface area contributed by atoms with Gasteiger partial charge in [-0.2, -0.15) is 7.05 Å². The summed E-state index contributed by atoms with van der Waals surface area (Å²) in [6, 6.07) is 0. The molecule has 0 bridgehead atoms. The van der Waals surface area contributed by atoms with E-state index in [0.29, 0.717) is 0 Å². The molecule has 0 unspecified atom stereocenters. The van der Waals surface area contributed by atoms with E-state index in [0.717, 1.165) is 0 Å². The molecule has 0 amide bonds. The van der Waals surface area contributed by atoms with E-state index in [4.69, 9.17) is 5.73 Å². The summed E-state index contributed by atoms with van der Waals surface area (Å²) in [5.74, 6) is 0. The zero-order chi connectivity index (χ0) is 7.41. The van der Waals surface area contributed by atoms with Gasteiger partial charge in [0, 0.05) is 19.5 Å². The third kappa shape index (κ3) is 1420. The molecule has 0 spiro atoms. The summed E-state index contributed by atoms with van der Waals surface area (Å²) in [6.45, 7) is 0. The molecule has 0 saturated heterocycles. The molecule has 0 rings (SSSR count). The molecule has 0 aromatic heterocycles. The molecule has 3 N–H and O–H groups in total. The second-order valence-corrected chi connectivity index (χ2v) is 1.00. The Morgan fingerprint density at radius 2 is 0.778 bits per heavy atom. The zero-order valence-corrected chi connectivity index (χ0v) is 8.47. The Kier molecular flexibility index (Phi) is 193. The van der Waals surface area contributed by atoms with Gasteiger partial charge in [-0.25, -0.2) is 0 Å². The van der Waals surface area contributed by atoms with E-state index >= 15 is 0 Å². The van der Waals surface area contributed by atoms with Crippen LogP contribution in [0.1, 0.15) is 0 Å². The van der Waals surface area contributed by atoms with Gasteiger partial charge in [-0.3, -0.25) is 0 Å². The summed E-state index contributed by atoms with van der Waals surface area (Å²) in [5.41, 5.74) is 5.75. The maximum Gasteiger partial charge on any atom is 0 e. The van der Waals surface area contributed by atoms with Gasteiger partial charge in [0.2, 0.25) is 0 Å². The minimum absolute atomic E-state index is 0. The molecule has 0 atom stereocenters. The molecule has 0 aliphatic rings. The van der Waals surface area contributed by atoms with Crippen molar-refractivity contribution < 1.29 is 19.5 Å². The summed E-state index contributed by atoms with van der Waals surface area (Å²) < 4.78 is 0. The van der Waals surface area contributed by atoms with Crippen LogP contribution in [0.5, 0.6) is 0 Å². The normalized spacial score (nSPS) is 4.67. The number of hydrogen-bond donors (Lipinski definition) is 2. The minimum Gasteiger partial charge on any atom is -0.680 e. The van der Waals surface area contributed by atoms with E-state index in [2.05, 4.69) is 10.6 Å². The van der Waals surface area contributed by atoms with Gasteiger partial charge in [-0.15, -0.1) is 0 Å². The fourth-order valence-electron chi connectivity index (χ4n) is 0. The van der Waals surface area contributed by atoms with Gasteiger partial charge in [-0.05, 0) is 28.2 Å². The van der Waals surface area contributed by atoms with E-state index in [9.17, 15) is 0 Å². The van der Waals surface area contributed by atoms with Crippen LogP contribution in [-0.4, -0.2) is 35.2 Å². The van der Waals surface area contributed by atoms with Crippen molar-refractivity contribution in [3.05, 3.63) is 5.73 Å². The van der Waals surface area contributed by atoms with Crippen molar-refractivity contribution >= 4 is 0 Å². The molecule has 1 radical (unpaired) electrons. The fraction of sp³-hybridized carbons (Fsp3) is 1.00. The summed E-state index contributed by atoms with van der Waals surface area (Å²) in [7, 11) is 8.75. The molecule has 0 aliphatic heterocycles. The summed E-state index contributed by atoms with van der Waals surface area (Å²) >= 11 is 0. The first-order valence-corrected chi connectivity index (χ1v) is 2.50. The molecule has 63 valence electrons. The SMILES string of the molecule is CNC.CNC.C[NH-].[Rh]. The standard InChI is InChI=1S/2C2H7N.CH4N.Rh/c2*1-3-2;1-2;/h2*3H,1-2H3;2H,1H3;/q;;-1;. The first kappa shape index (κ1) is 22.7. The van der Waals surface area contributed by atoms with Crippen molar-refractivity contribution in [2.75, 3.05) is 35.2 Å². The van der Waals surface area contributed by atoms with Gasteiger partial charge >= 0.3 is 0 Å². The van der Waals surface area contributed by atoms with E-state index in [1.165, 1.54) is 7.05 Å². The predicted octanol–water partition coefficient (Wildman–Crippen LogP) is 0.337. The van der Waals surface area contributed by atoms with Gasteiger partial charge in [0.15, 0.2) is 0 Å². The molecule has 0 aromatic carbocycles. The number of nitrogens with one attached hydrogen (secondary N) is 3. The Hall–Kier alpha value is 0.503. The second-order valence-electron chi connectivity index (χ2n) is 1.00. The molecule has 0 aromatic rings. The molecule has 0 saturated carbocycles. The van der Waals surface area contributed by atoms with Crippen LogP contribution in [0.2, 0.25) is 0 Å². The fourth-order valence-corrected chi connectivity index (χ4v) is 0. The topological polar surface area (TPSA) is 47.9 Å². The van der Waals surface area contributed by atoms with Crippen molar-refractivity contribution in [2.24, 2.45) is 0 Å². The van der Waals surface area contributed by atoms with Crippen LogP contribution < -0.4 is 10.6 Å². The van der Waals surface area contributed by atoms with Gasteiger partial charge in [0.1, 0.15) is 0 Å². The monoisotopic (exact) mass is 223 g/mol. The minimum atomic E-state index is 0. The molecule has 4 heteroatoms. The van der Waals surface area contributed by atoms with Crippen molar-refractivity contribution in [1.29, 1.82) is 0 Å². The largest absolute Gasteiger partial charge is 0.680 e. The summed E-state index contributed by atoms with van der Waals surface area (Å²) in [4.78, 5) is 0. The first-order chi connectivity index (χ1) is 3.83. The maximum atomic E-state index is 5.75. The van der Waals surface area contributed by atoms with Gasteiger partial charge in [-0.1, -0.05) is 0 Å². The third-order valence-electron chi connectivity index (χ3n) is 0. The Morgan fingerprint density at radius 3 is 0.778 bits per heavy atom. The van der Waals surface area contributed by atoms with E-state index < -0.39 is 0 Å². The summed E-state index contributed by atoms with van der Waals surface area (Å²) in [6.07, 6.45) is 0. The van der Waals surface area contributed by atoms with Gasteiger partial charge in [0.25, 0.3) is 0 Å². The van der Waals surface area contributed by atoms with Crippen LogP contribution >= 0.6 is 0 Å². The van der Waals surface area contributed by atoms with E-state index in [1.54, 1.807) is 0 Å². The molecular weight excluding hydrogens is 205 g/mol. The third-order valence-corrected chi connectivity index (χ3v) is 0. The second kappa shape index (κ2) is 76.4. The Bertz CT molecular complexity index is 14.2. The van der Waals surface area contributed by atoms with Crippen molar-refractivity contribution in [2.45, 2.75) is 0 Å². The molecule has 0 aliphatic carbocycles. The zero-order valence-electron chi connectivity index (χ0n) is 6.83. The molecule has 0 fully saturated rings. The molecule has 0 heterocycles. The van der Waals surface area contributed by atoms with Crippen LogP contribution in [0.15, 0.2) is 0 Å². The van der Waals surface area contributed by atoms with Gasteiger partial charge in [0.05, 0.1) is 0 Å². The maximum absolute atomic E-state index is 5.75. The molecular formula is C5H18N3Rh-. The predicted molar refractivity (Wildman–Crippen MR) is 40.2 cm³/mol. The van der Waals surface area contributed by atoms with Crippen LogP contribution in [0.4, 0.5) is 0 Å². The molecule has 3 nitrogen and oxygen atoms in total. The summed E-state index contributed by atoms with van der Waals surface area (Å²) in [5, 5.41) is 5.50. The van der Waals surface area contributed by atoms with Crippen molar-refractivity contribution in [3.8, 4) is 0 Å².